The van der Waals surface area contributed by atoms with Crippen molar-refractivity contribution in [1.29, 1.82) is 0 Å². The molecule has 0 fully saturated rings. The highest BCUT2D eigenvalue weighted by Crippen LogP contribution is 2.26. The van der Waals surface area contributed by atoms with E-state index in [-0.39, 0.29) is 5.91 Å². The standard InChI is InChI=1S/C21H17BrClNO2/c1-13-11-16(22)12-14(2)21(13)24-20(25)10-8-18-7-9-19(26-18)15-3-5-17(23)6-4-15/h3-12H,1-2H3,(H,24,25)/b10-8+. The number of anilines is 1. The second-order valence-electron chi connectivity index (χ2n) is 5.95. The van der Waals surface area contributed by atoms with Crippen LogP contribution in [0.2, 0.25) is 5.02 Å². The number of carbonyl (C=O) groups is 1. The monoisotopic (exact) mass is 429 g/mol. The number of rotatable bonds is 4. The Morgan fingerprint density at radius 1 is 1.08 bits per heavy atom. The second kappa shape index (κ2) is 7.94. The smallest absolute Gasteiger partial charge is 0.248 e. The summed E-state index contributed by atoms with van der Waals surface area (Å²) < 4.78 is 6.75. The van der Waals surface area contributed by atoms with Gasteiger partial charge in [0.1, 0.15) is 11.5 Å². The van der Waals surface area contributed by atoms with Gasteiger partial charge in [-0.25, -0.2) is 0 Å². The number of amides is 1. The van der Waals surface area contributed by atoms with Gasteiger partial charge in [-0.15, -0.1) is 0 Å². The van der Waals surface area contributed by atoms with E-state index in [1.165, 1.54) is 6.08 Å². The SMILES string of the molecule is Cc1cc(Br)cc(C)c1NC(=O)/C=C/c1ccc(-c2ccc(Cl)cc2)o1. The van der Waals surface area contributed by atoms with E-state index in [1.54, 1.807) is 6.08 Å². The number of carbonyl (C=O) groups excluding carboxylic acids is 1. The van der Waals surface area contributed by atoms with Gasteiger partial charge in [0.2, 0.25) is 5.91 Å². The summed E-state index contributed by atoms with van der Waals surface area (Å²) in [6.07, 6.45) is 3.11. The van der Waals surface area contributed by atoms with E-state index >= 15 is 0 Å². The third-order valence-electron chi connectivity index (χ3n) is 3.90. The maximum absolute atomic E-state index is 12.2. The molecule has 0 saturated carbocycles. The lowest BCUT2D eigenvalue weighted by molar-refractivity contribution is -0.111. The minimum absolute atomic E-state index is 0.206. The minimum atomic E-state index is -0.206. The van der Waals surface area contributed by atoms with Gasteiger partial charge in [-0.2, -0.15) is 0 Å². The van der Waals surface area contributed by atoms with Crippen molar-refractivity contribution in [2.45, 2.75) is 13.8 Å². The first-order valence-corrected chi connectivity index (χ1v) is 9.21. The van der Waals surface area contributed by atoms with Crippen LogP contribution < -0.4 is 5.32 Å². The Bertz CT molecular complexity index is 951. The molecule has 0 saturated heterocycles. The van der Waals surface area contributed by atoms with E-state index in [0.29, 0.717) is 10.8 Å². The first-order chi connectivity index (χ1) is 12.4. The Kier molecular flexibility index (Phi) is 5.64. The molecule has 0 unspecified atom stereocenters. The highest BCUT2D eigenvalue weighted by atomic mass is 79.9. The zero-order valence-corrected chi connectivity index (χ0v) is 16.7. The second-order valence-corrected chi connectivity index (χ2v) is 7.30. The number of halogens is 2. The van der Waals surface area contributed by atoms with Crippen molar-refractivity contribution in [2.75, 3.05) is 5.32 Å². The lowest BCUT2D eigenvalue weighted by Crippen LogP contribution is -2.10. The molecule has 2 aromatic carbocycles. The largest absolute Gasteiger partial charge is 0.457 e. The summed E-state index contributed by atoms with van der Waals surface area (Å²) in [6.45, 7) is 3.92. The maximum Gasteiger partial charge on any atom is 0.248 e. The van der Waals surface area contributed by atoms with Crippen molar-refractivity contribution >= 4 is 45.2 Å². The molecule has 3 aromatic rings. The molecular weight excluding hydrogens is 414 g/mol. The summed E-state index contributed by atoms with van der Waals surface area (Å²) in [4.78, 5) is 12.2. The number of hydrogen-bond donors (Lipinski definition) is 1. The van der Waals surface area contributed by atoms with E-state index in [4.69, 9.17) is 16.0 Å². The van der Waals surface area contributed by atoms with Gasteiger partial charge in [-0.05, 0) is 79.6 Å². The van der Waals surface area contributed by atoms with Gasteiger partial charge < -0.3 is 9.73 Å². The van der Waals surface area contributed by atoms with E-state index in [1.807, 2.05) is 62.4 Å². The Balaban J connectivity index is 1.70. The Hall–Kier alpha value is -2.30. The zero-order valence-electron chi connectivity index (χ0n) is 14.3. The van der Waals surface area contributed by atoms with Crippen LogP contribution in [-0.4, -0.2) is 5.91 Å². The Morgan fingerprint density at radius 3 is 2.38 bits per heavy atom. The molecule has 0 aliphatic heterocycles. The molecule has 5 heteroatoms. The number of nitrogens with one attached hydrogen (secondary N) is 1. The predicted molar refractivity (Wildman–Crippen MR) is 110 cm³/mol. The molecule has 0 spiro atoms. The van der Waals surface area contributed by atoms with Crippen molar-refractivity contribution in [1.82, 2.24) is 0 Å². The van der Waals surface area contributed by atoms with Crippen molar-refractivity contribution in [3.63, 3.8) is 0 Å². The van der Waals surface area contributed by atoms with Crippen LogP contribution in [0.4, 0.5) is 5.69 Å². The van der Waals surface area contributed by atoms with Gasteiger partial charge in [0, 0.05) is 26.8 Å². The summed E-state index contributed by atoms with van der Waals surface area (Å²) in [6, 6.07) is 15.0. The van der Waals surface area contributed by atoms with Gasteiger partial charge in [0.05, 0.1) is 0 Å². The molecule has 0 aliphatic carbocycles. The fourth-order valence-corrected chi connectivity index (χ4v) is 3.45. The van der Waals surface area contributed by atoms with Crippen LogP contribution in [0.5, 0.6) is 0 Å². The van der Waals surface area contributed by atoms with Gasteiger partial charge >= 0.3 is 0 Å². The van der Waals surface area contributed by atoms with Crippen molar-refractivity contribution in [3.05, 3.63) is 81.0 Å². The number of aryl methyl sites for hydroxylation is 2. The summed E-state index contributed by atoms with van der Waals surface area (Å²) in [5, 5.41) is 3.59. The molecule has 1 aromatic heterocycles. The van der Waals surface area contributed by atoms with Crippen LogP contribution in [0.3, 0.4) is 0 Å². The summed E-state index contributed by atoms with van der Waals surface area (Å²) >= 11 is 9.35. The topological polar surface area (TPSA) is 42.2 Å². The first-order valence-electron chi connectivity index (χ1n) is 8.04. The van der Waals surface area contributed by atoms with Crippen LogP contribution in [0.1, 0.15) is 16.9 Å². The van der Waals surface area contributed by atoms with Crippen molar-refractivity contribution in [2.24, 2.45) is 0 Å². The van der Waals surface area contributed by atoms with Gasteiger partial charge in [-0.3, -0.25) is 4.79 Å². The normalized spacial score (nSPS) is 11.1. The molecule has 26 heavy (non-hydrogen) atoms. The molecular formula is C21H17BrClNO2. The van der Waals surface area contributed by atoms with Gasteiger partial charge in [0.25, 0.3) is 0 Å². The number of benzene rings is 2. The van der Waals surface area contributed by atoms with Crippen molar-refractivity contribution < 1.29 is 9.21 Å². The molecule has 3 nitrogen and oxygen atoms in total. The van der Waals surface area contributed by atoms with Crippen LogP contribution in [0.25, 0.3) is 17.4 Å². The highest BCUT2D eigenvalue weighted by molar-refractivity contribution is 9.10. The molecule has 1 N–H and O–H groups in total. The molecule has 1 amide bonds. The van der Waals surface area contributed by atoms with Gasteiger partial charge in [0.15, 0.2) is 0 Å². The third kappa shape index (κ3) is 4.45. The Morgan fingerprint density at radius 2 is 1.73 bits per heavy atom. The molecule has 0 aliphatic rings. The Labute approximate surface area is 165 Å². The maximum atomic E-state index is 12.2. The van der Waals surface area contributed by atoms with Gasteiger partial charge in [-0.1, -0.05) is 27.5 Å². The average molecular weight is 431 g/mol. The molecule has 0 bridgehead atoms. The van der Waals surface area contributed by atoms with Crippen LogP contribution in [0.15, 0.2) is 63.5 Å². The molecule has 0 radical (unpaired) electrons. The lowest BCUT2D eigenvalue weighted by Gasteiger charge is -2.10. The molecule has 3 rings (SSSR count). The molecule has 0 atom stereocenters. The van der Waals surface area contributed by atoms with E-state index in [2.05, 4.69) is 21.2 Å². The number of furan rings is 1. The predicted octanol–water partition coefficient (Wildman–Crippen LogP) is 6.63. The minimum Gasteiger partial charge on any atom is -0.457 e. The van der Waals surface area contributed by atoms with Crippen molar-refractivity contribution in [3.8, 4) is 11.3 Å². The van der Waals surface area contributed by atoms with E-state index in [9.17, 15) is 4.79 Å². The zero-order chi connectivity index (χ0) is 18.7. The summed E-state index contributed by atoms with van der Waals surface area (Å²) in [5.41, 5.74) is 3.76. The van der Waals surface area contributed by atoms with Crippen LogP contribution in [-0.2, 0) is 4.79 Å². The molecule has 1 heterocycles. The van der Waals surface area contributed by atoms with Crippen LogP contribution in [0, 0.1) is 13.8 Å². The highest BCUT2D eigenvalue weighted by Gasteiger charge is 2.07. The lowest BCUT2D eigenvalue weighted by atomic mass is 10.1. The van der Waals surface area contributed by atoms with Crippen LogP contribution >= 0.6 is 27.5 Å². The van der Waals surface area contributed by atoms with E-state index in [0.717, 1.165) is 32.6 Å². The third-order valence-corrected chi connectivity index (χ3v) is 4.61. The average Bonchev–Trinajstić information content (AvgIpc) is 3.06. The van der Waals surface area contributed by atoms with E-state index < -0.39 is 0 Å². The first kappa shape index (κ1) is 18.5. The number of hydrogen-bond acceptors (Lipinski definition) is 2. The summed E-state index contributed by atoms with van der Waals surface area (Å²) in [5.74, 6) is 1.12. The quantitative estimate of drug-likeness (QED) is 0.472. The summed E-state index contributed by atoms with van der Waals surface area (Å²) in [7, 11) is 0. The fourth-order valence-electron chi connectivity index (χ4n) is 2.64. The molecule has 132 valence electrons. The fraction of sp³-hybridized carbons (Fsp3) is 0.0952.